The van der Waals surface area contributed by atoms with Gasteiger partial charge in [-0.2, -0.15) is 5.10 Å². The number of nitrogens with zero attached hydrogens (tertiary/aromatic N) is 3. The van der Waals surface area contributed by atoms with E-state index in [-0.39, 0.29) is 5.91 Å². The Hall–Kier alpha value is -2.18. The van der Waals surface area contributed by atoms with Crippen molar-refractivity contribution < 1.29 is 9.35 Å². The molecule has 0 radical (unpaired) electrons. The summed E-state index contributed by atoms with van der Waals surface area (Å²) in [5.41, 5.74) is 2.29. The number of hydrogen-bond donors (Lipinski definition) is 0. The van der Waals surface area contributed by atoms with Crippen molar-refractivity contribution in [3.8, 4) is 0 Å². The summed E-state index contributed by atoms with van der Waals surface area (Å²) in [7, 11) is 0. The first-order valence-corrected chi connectivity index (χ1v) is 8.79. The van der Waals surface area contributed by atoms with Gasteiger partial charge in [0.2, 0.25) is 0 Å². The fraction of sp³-hybridized carbons (Fsp3) is 0.235. The fourth-order valence-corrected chi connectivity index (χ4v) is 3.25. The van der Waals surface area contributed by atoms with Crippen LogP contribution in [0.15, 0.2) is 58.8 Å². The van der Waals surface area contributed by atoms with Crippen LogP contribution in [0.1, 0.15) is 29.3 Å². The lowest BCUT2D eigenvalue weighted by Crippen LogP contribution is -2.23. The number of amides is 1. The SMILES string of the molecule is CC[S+]([O-])c1cccc(C2=NN(C(=O)c3cccnc3)CC2)c1. The highest BCUT2D eigenvalue weighted by Crippen LogP contribution is 2.19. The standard InChI is InChI=1S/C17H17N3O2S/c1-2-23(22)15-7-3-5-13(11-15)16-8-10-20(19-16)17(21)14-6-4-9-18-12-14/h3-7,9,11-12H,2,8,10H2,1H3. The zero-order chi connectivity index (χ0) is 16.2. The van der Waals surface area contributed by atoms with E-state index in [1.54, 1.807) is 24.5 Å². The van der Waals surface area contributed by atoms with Crippen LogP contribution in [0, 0.1) is 0 Å². The number of benzene rings is 1. The van der Waals surface area contributed by atoms with E-state index in [0.717, 1.165) is 16.2 Å². The summed E-state index contributed by atoms with van der Waals surface area (Å²) in [6.07, 6.45) is 3.86. The van der Waals surface area contributed by atoms with Gasteiger partial charge >= 0.3 is 0 Å². The van der Waals surface area contributed by atoms with Crippen LogP contribution in [0.2, 0.25) is 0 Å². The van der Waals surface area contributed by atoms with Gasteiger partial charge in [0.25, 0.3) is 5.91 Å². The molecule has 1 aromatic carbocycles. The molecule has 1 aliphatic rings. The molecule has 0 aliphatic carbocycles. The molecule has 6 heteroatoms. The third-order valence-electron chi connectivity index (χ3n) is 3.64. The van der Waals surface area contributed by atoms with Crippen LogP contribution in [0.3, 0.4) is 0 Å². The third kappa shape index (κ3) is 3.43. The van der Waals surface area contributed by atoms with Crippen molar-refractivity contribution in [1.82, 2.24) is 9.99 Å². The lowest BCUT2D eigenvalue weighted by Gasteiger charge is -2.10. The second kappa shape index (κ2) is 6.93. The molecule has 2 heterocycles. The molecule has 118 valence electrons. The predicted molar refractivity (Wildman–Crippen MR) is 89.8 cm³/mol. The first-order chi connectivity index (χ1) is 11.2. The minimum atomic E-state index is -0.992. The van der Waals surface area contributed by atoms with E-state index in [2.05, 4.69) is 10.1 Å². The molecular formula is C17H17N3O2S. The van der Waals surface area contributed by atoms with Gasteiger partial charge in [0.1, 0.15) is 5.75 Å². The Morgan fingerprint density at radius 2 is 2.22 bits per heavy atom. The molecule has 0 bridgehead atoms. The summed E-state index contributed by atoms with van der Waals surface area (Å²) < 4.78 is 11.9. The summed E-state index contributed by atoms with van der Waals surface area (Å²) in [6, 6.07) is 11.0. The van der Waals surface area contributed by atoms with Crippen molar-refractivity contribution >= 4 is 22.8 Å². The number of carbonyl (C=O) groups is 1. The van der Waals surface area contributed by atoms with Crippen LogP contribution >= 0.6 is 0 Å². The normalized spacial score (nSPS) is 15.4. The van der Waals surface area contributed by atoms with Gasteiger partial charge in [-0.25, -0.2) is 5.01 Å². The first kappa shape index (κ1) is 15.7. The van der Waals surface area contributed by atoms with E-state index in [1.807, 2.05) is 31.2 Å². The summed E-state index contributed by atoms with van der Waals surface area (Å²) in [6.45, 7) is 2.44. The zero-order valence-electron chi connectivity index (χ0n) is 12.8. The molecule has 0 saturated carbocycles. The third-order valence-corrected chi connectivity index (χ3v) is 4.94. The molecule has 1 aromatic heterocycles. The number of hydrazone groups is 1. The maximum atomic E-state index is 12.4. The number of rotatable bonds is 4. The number of aromatic nitrogens is 1. The number of carbonyl (C=O) groups excluding carboxylic acids is 1. The predicted octanol–water partition coefficient (Wildman–Crippen LogP) is 2.46. The van der Waals surface area contributed by atoms with E-state index in [9.17, 15) is 9.35 Å². The van der Waals surface area contributed by atoms with Gasteiger partial charge in [-0.15, -0.1) is 0 Å². The smallest absolute Gasteiger partial charge is 0.275 e. The lowest BCUT2D eigenvalue weighted by atomic mass is 10.1. The van der Waals surface area contributed by atoms with Gasteiger partial charge in [-0.05, 0) is 36.3 Å². The van der Waals surface area contributed by atoms with E-state index in [0.29, 0.717) is 24.3 Å². The molecule has 0 N–H and O–H groups in total. The Balaban J connectivity index is 1.81. The minimum absolute atomic E-state index is 0.151. The maximum Gasteiger partial charge on any atom is 0.275 e. The largest absolute Gasteiger partial charge is 0.611 e. The fourth-order valence-electron chi connectivity index (χ4n) is 2.43. The van der Waals surface area contributed by atoms with Crippen molar-refractivity contribution in [2.75, 3.05) is 12.3 Å². The van der Waals surface area contributed by atoms with Crippen LogP contribution in [0.25, 0.3) is 0 Å². The molecule has 5 nitrogen and oxygen atoms in total. The quantitative estimate of drug-likeness (QED) is 0.810. The van der Waals surface area contributed by atoms with Gasteiger partial charge < -0.3 is 4.55 Å². The van der Waals surface area contributed by atoms with Crippen molar-refractivity contribution in [2.24, 2.45) is 5.10 Å². The van der Waals surface area contributed by atoms with E-state index >= 15 is 0 Å². The highest BCUT2D eigenvalue weighted by molar-refractivity contribution is 7.91. The van der Waals surface area contributed by atoms with Gasteiger partial charge in [0.05, 0.1) is 17.8 Å². The van der Waals surface area contributed by atoms with Gasteiger partial charge in [-0.1, -0.05) is 12.1 Å². The van der Waals surface area contributed by atoms with Crippen LogP contribution in [-0.4, -0.2) is 38.5 Å². The van der Waals surface area contributed by atoms with E-state index in [4.69, 9.17) is 0 Å². The van der Waals surface area contributed by atoms with Crippen LogP contribution in [-0.2, 0) is 11.2 Å². The summed E-state index contributed by atoms with van der Waals surface area (Å²) in [4.78, 5) is 17.1. The molecule has 1 atom stereocenters. The van der Waals surface area contributed by atoms with E-state index in [1.165, 1.54) is 5.01 Å². The Bertz CT molecular complexity index is 734. The summed E-state index contributed by atoms with van der Waals surface area (Å²) in [5.74, 6) is 0.433. The second-order valence-corrected chi connectivity index (χ2v) is 6.87. The van der Waals surface area contributed by atoms with Gasteiger partial charge in [0, 0.05) is 30.4 Å². The Morgan fingerprint density at radius 1 is 1.35 bits per heavy atom. The summed E-state index contributed by atoms with van der Waals surface area (Å²) in [5, 5.41) is 5.90. The topological polar surface area (TPSA) is 68.6 Å². The van der Waals surface area contributed by atoms with Crippen molar-refractivity contribution in [3.05, 3.63) is 59.9 Å². The first-order valence-electron chi connectivity index (χ1n) is 7.47. The molecule has 0 spiro atoms. The van der Waals surface area contributed by atoms with Crippen molar-refractivity contribution in [1.29, 1.82) is 0 Å². The Morgan fingerprint density at radius 3 is 2.96 bits per heavy atom. The lowest BCUT2D eigenvalue weighted by molar-refractivity contribution is 0.0778. The highest BCUT2D eigenvalue weighted by Gasteiger charge is 2.23. The average Bonchev–Trinajstić information content (AvgIpc) is 3.11. The summed E-state index contributed by atoms with van der Waals surface area (Å²) >= 11 is -0.992. The van der Waals surface area contributed by atoms with E-state index < -0.39 is 11.2 Å². The van der Waals surface area contributed by atoms with Crippen LogP contribution in [0.5, 0.6) is 0 Å². The van der Waals surface area contributed by atoms with Crippen molar-refractivity contribution in [3.63, 3.8) is 0 Å². The van der Waals surface area contributed by atoms with Crippen LogP contribution in [0.4, 0.5) is 0 Å². The number of hydrogen-bond acceptors (Lipinski definition) is 4. The Kier molecular flexibility index (Phi) is 4.73. The van der Waals surface area contributed by atoms with Gasteiger partial charge in [0.15, 0.2) is 4.90 Å². The molecule has 0 fully saturated rings. The highest BCUT2D eigenvalue weighted by atomic mass is 32.2. The molecule has 1 amide bonds. The molecule has 3 rings (SSSR count). The number of pyridine rings is 1. The zero-order valence-corrected chi connectivity index (χ0v) is 13.6. The molecular weight excluding hydrogens is 310 g/mol. The minimum Gasteiger partial charge on any atom is -0.611 e. The van der Waals surface area contributed by atoms with Crippen LogP contribution < -0.4 is 0 Å². The molecule has 0 saturated heterocycles. The molecule has 1 aliphatic heterocycles. The van der Waals surface area contributed by atoms with Crippen molar-refractivity contribution in [2.45, 2.75) is 18.2 Å². The molecule has 2 aromatic rings. The second-order valence-electron chi connectivity index (χ2n) is 5.13. The van der Waals surface area contributed by atoms with Gasteiger partial charge in [-0.3, -0.25) is 9.78 Å². The Labute approximate surface area is 138 Å². The monoisotopic (exact) mass is 327 g/mol. The maximum absolute atomic E-state index is 12.4. The molecule has 1 unspecified atom stereocenters. The molecule has 23 heavy (non-hydrogen) atoms. The average molecular weight is 327 g/mol.